The highest BCUT2D eigenvalue weighted by Crippen LogP contribution is 2.22. The van der Waals surface area contributed by atoms with Crippen molar-refractivity contribution in [2.75, 3.05) is 0 Å². The van der Waals surface area contributed by atoms with Gasteiger partial charge in [-0.2, -0.15) is 5.10 Å². The lowest BCUT2D eigenvalue weighted by Crippen LogP contribution is -2.04. The average molecular weight is 290 g/mol. The number of benzene rings is 1. The molecule has 3 rings (SSSR count). The lowest BCUT2D eigenvalue weighted by molar-refractivity contribution is 0.0994. The lowest BCUT2D eigenvalue weighted by atomic mass is 10.0. The zero-order chi connectivity index (χ0) is 14.1. The van der Waals surface area contributed by atoms with Crippen LogP contribution in [0.25, 0.3) is 5.52 Å². The van der Waals surface area contributed by atoms with E-state index in [0.717, 1.165) is 0 Å². The highest BCUT2D eigenvalue weighted by Gasteiger charge is 2.15. The SMILES string of the molecule is O=C(Cc1cccc(F)c1Cl)c1cnn2ccncc12. The van der Waals surface area contributed by atoms with Crippen LogP contribution in [0.1, 0.15) is 15.9 Å². The molecule has 0 fully saturated rings. The van der Waals surface area contributed by atoms with Gasteiger partial charge in [-0.3, -0.25) is 9.78 Å². The molecule has 0 saturated carbocycles. The standard InChI is InChI=1S/C14H9ClFN3O/c15-14-9(2-1-3-11(14)16)6-13(20)10-7-18-19-5-4-17-8-12(10)19/h1-5,7-8H,6H2. The topological polar surface area (TPSA) is 47.3 Å². The summed E-state index contributed by atoms with van der Waals surface area (Å²) in [6.07, 6.45) is 6.30. The lowest BCUT2D eigenvalue weighted by Gasteiger charge is -2.03. The maximum absolute atomic E-state index is 13.4. The molecule has 20 heavy (non-hydrogen) atoms. The molecule has 0 aliphatic heterocycles. The molecule has 100 valence electrons. The monoisotopic (exact) mass is 289 g/mol. The molecule has 0 radical (unpaired) electrons. The van der Waals surface area contributed by atoms with Gasteiger partial charge in [0.2, 0.25) is 0 Å². The van der Waals surface area contributed by atoms with Gasteiger partial charge >= 0.3 is 0 Å². The third kappa shape index (κ3) is 2.16. The summed E-state index contributed by atoms with van der Waals surface area (Å²) in [6, 6.07) is 4.42. The van der Waals surface area contributed by atoms with E-state index in [-0.39, 0.29) is 17.2 Å². The van der Waals surface area contributed by atoms with Crippen LogP contribution in [0.5, 0.6) is 0 Å². The Morgan fingerprint density at radius 3 is 3.05 bits per heavy atom. The van der Waals surface area contributed by atoms with Gasteiger partial charge in [0.25, 0.3) is 0 Å². The van der Waals surface area contributed by atoms with E-state index in [1.54, 1.807) is 29.2 Å². The van der Waals surface area contributed by atoms with E-state index in [9.17, 15) is 9.18 Å². The Morgan fingerprint density at radius 2 is 2.20 bits per heavy atom. The second kappa shape index (κ2) is 5.02. The van der Waals surface area contributed by atoms with Crippen LogP contribution in [0, 0.1) is 5.82 Å². The minimum absolute atomic E-state index is 0.0181. The zero-order valence-electron chi connectivity index (χ0n) is 10.3. The van der Waals surface area contributed by atoms with Gasteiger partial charge in [-0.25, -0.2) is 8.91 Å². The van der Waals surface area contributed by atoms with Crippen molar-refractivity contribution in [3.8, 4) is 0 Å². The van der Waals surface area contributed by atoms with Gasteiger partial charge in [0.05, 0.1) is 28.5 Å². The van der Waals surface area contributed by atoms with Gasteiger partial charge in [-0.15, -0.1) is 0 Å². The zero-order valence-corrected chi connectivity index (χ0v) is 11.0. The molecule has 2 heterocycles. The second-order valence-electron chi connectivity index (χ2n) is 4.28. The van der Waals surface area contributed by atoms with Gasteiger partial charge in [-0.1, -0.05) is 23.7 Å². The van der Waals surface area contributed by atoms with E-state index < -0.39 is 5.82 Å². The largest absolute Gasteiger partial charge is 0.294 e. The van der Waals surface area contributed by atoms with E-state index in [4.69, 9.17) is 11.6 Å². The quantitative estimate of drug-likeness (QED) is 0.697. The summed E-state index contributed by atoms with van der Waals surface area (Å²) >= 11 is 5.86. The number of nitrogens with zero attached hydrogens (tertiary/aromatic N) is 3. The van der Waals surface area contributed by atoms with Gasteiger partial charge < -0.3 is 0 Å². The molecule has 2 aromatic heterocycles. The van der Waals surface area contributed by atoms with E-state index in [1.807, 2.05) is 0 Å². The number of Topliss-reactive ketones (excluding diaryl/α,β-unsaturated/α-hetero) is 1. The molecule has 0 bridgehead atoms. The van der Waals surface area contributed by atoms with Crippen molar-refractivity contribution in [1.82, 2.24) is 14.6 Å². The average Bonchev–Trinajstić information content (AvgIpc) is 2.88. The van der Waals surface area contributed by atoms with Crippen molar-refractivity contribution in [3.05, 3.63) is 65.0 Å². The van der Waals surface area contributed by atoms with Crippen LogP contribution in [0.3, 0.4) is 0 Å². The second-order valence-corrected chi connectivity index (χ2v) is 4.66. The number of aromatic nitrogens is 3. The fraction of sp³-hybridized carbons (Fsp3) is 0.0714. The molecule has 4 nitrogen and oxygen atoms in total. The summed E-state index contributed by atoms with van der Waals surface area (Å²) in [5.74, 6) is -0.709. The Morgan fingerprint density at radius 1 is 1.35 bits per heavy atom. The first-order valence-electron chi connectivity index (χ1n) is 5.90. The number of halogens is 2. The highest BCUT2D eigenvalue weighted by atomic mass is 35.5. The van der Waals surface area contributed by atoms with Crippen molar-refractivity contribution in [2.45, 2.75) is 6.42 Å². The van der Waals surface area contributed by atoms with Crippen molar-refractivity contribution >= 4 is 22.9 Å². The number of ketones is 1. The van der Waals surface area contributed by atoms with E-state index in [1.165, 1.54) is 18.3 Å². The summed E-state index contributed by atoms with van der Waals surface area (Å²) in [5, 5.41) is 4.05. The summed E-state index contributed by atoms with van der Waals surface area (Å²) < 4.78 is 14.9. The Bertz CT molecular complexity index is 800. The van der Waals surface area contributed by atoms with Crippen LogP contribution in [0.2, 0.25) is 5.02 Å². The number of carbonyl (C=O) groups excluding carboxylic acids is 1. The van der Waals surface area contributed by atoms with Gasteiger partial charge in [0, 0.05) is 18.8 Å². The fourth-order valence-corrected chi connectivity index (χ4v) is 2.20. The van der Waals surface area contributed by atoms with Crippen LogP contribution in [0.15, 0.2) is 43.0 Å². The Labute approximate surface area is 118 Å². The van der Waals surface area contributed by atoms with Crippen molar-refractivity contribution in [1.29, 1.82) is 0 Å². The number of carbonyl (C=O) groups is 1. The molecular weight excluding hydrogens is 281 g/mol. The molecule has 0 N–H and O–H groups in total. The molecule has 6 heteroatoms. The molecule has 0 saturated heterocycles. The number of hydrogen-bond acceptors (Lipinski definition) is 3. The molecule has 3 aromatic rings. The van der Waals surface area contributed by atoms with Crippen LogP contribution >= 0.6 is 11.6 Å². The van der Waals surface area contributed by atoms with E-state index in [2.05, 4.69) is 10.1 Å². The molecule has 0 amide bonds. The van der Waals surface area contributed by atoms with Gasteiger partial charge in [-0.05, 0) is 11.6 Å². The predicted molar refractivity (Wildman–Crippen MR) is 72.4 cm³/mol. The van der Waals surface area contributed by atoms with Crippen LogP contribution in [0.4, 0.5) is 4.39 Å². The van der Waals surface area contributed by atoms with Crippen molar-refractivity contribution in [3.63, 3.8) is 0 Å². The Kier molecular flexibility index (Phi) is 3.20. The first-order chi connectivity index (χ1) is 9.66. The molecule has 0 aliphatic carbocycles. The van der Waals surface area contributed by atoms with Crippen LogP contribution in [-0.2, 0) is 6.42 Å². The summed E-state index contributed by atoms with van der Waals surface area (Å²) in [5.41, 5.74) is 1.52. The minimum atomic E-state index is -0.529. The number of rotatable bonds is 3. The van der Waals surface area contributed by atoms with Crippen molar-refractivity contribution < 1.29 is 9.18 Å². The Hall–Kier alpha value is -2.27. The number of fused-ring (bicyclic) bond motifs is 1. The van der Waals surface area contributed by atoms with E-state index in [0.29, 0.717) is 16.6 Å². The molecule has 0 aliphatic rings. The molecule has 0 unspecified atom stereocenters. The summed E-state index contributed by atoms with van der Waals surface area (Å²) in [7, 11) is 0. The van der Waals surface area contributed by atoms with E-state index >= 15 is 0 Å². The van der Waals surface area contributed by atoms with Crippen LogP contribution in [-0.4, -0.2) is 20.4 Å². The number of hydrogen-bond donors (Lipinski definition) is 0. The maximum atomic E-state index is 13.4. The van der Waals surface area contributed by atoms with Gasteiger partial charge in [0.1, 0.15) is 5.82 Å². The van der Waals surface area contributed by atoms with Crippen molar-refractivity contribution in [2.24, 2.45) is 0 Å². The summed E-state index contributed by atoms with van der Waals surface area (Å²) in [6.45, 7) is 0. The maximum Gasteiger partial charge on any atom is 0.171 e. The smallest absolute Gasteiger partial charge is 0.171 e. The first-order valence-corrected chi connectivity index (χ1v) is 6.28. The van der Waals surface area contributed by atoms with Gasteiger partial charge in [0.15, 0.2) is 5.78 Å². The third-order valence-electron chi connectivity index (χ3n) is 3.01. The fourth-order valence-electron chi connectivity index (χ4n) is 2.00. The Balaban J connectivity index is 1.95. The third-order valence-corrected chi connectivity index (χ3v) is 3.43. The van der Waals surface area contributed by atoms with Crippen LogP contribution < -0.4 is 0 Å². The minimum Gasteiger partial charge on any atom is -0.294 e. The predicted octanol–water partition coefficient (Wildman–Crippen LogP) is 2.95. The molecule has 1 aromatic carbocycles. The molecular formula is C14H9ClFN3O. The highest BCUT2D eigenvalue weighted by molar-refractivity contribution is 6.31. The normalized spacial score (nSPS) is 10.9. The summed E-state index contributed by atoms with van der Waals surface area (Å²) in [4.78, 5) is 16.3. The molecule has 0 spiro atoms. The molecule has 0 atom stereocenters. The first kappa shape index (κ1) is 12.7.